The second kappa shape index (κ2) is 13.5. The highest BCUT2D eigenvalue weighted by Crippen LogP contribution is 2.29. The Kier molecular flexibility index (Phi) is 10.1. The Morgan fingerprint density at radius 3 is 2.33 bits per heavy atom. The molecular weight excluding hydrogens is 567 g/mol. The van der Waals surface area contributed by atoms with E-state index in [0.717, 1.165) is 42.4 Å². The van der Waals surface area contributed by atoms with E-state index >= 15 is 0 Å². The summed E-state index contributed by atoms with van der Waals surface area (Å²) in [5, 5.41) is 15.7. The number of urea groups is 1. The molecule has 0 radical (unpaired) electrons. The second-order valence-electron chi connectivity index (χ2n) is 10.1. The van der Waals surface area contributed by atoms with Crippen LogP contribution < -0.4 is 10.6 Å². The molecule has 1 aliphatic rings. The van der Waals surface area contributed by atoms with E-state index in [1.165, 1.54) is 6.26 Å². The average Bonchev–Trinajstić information content (AvgIpc) is 3.44. The Balaban J connectivity index is 1.52. The molecule has 1 atom stereocenters. The Morgan fingerprint density at radius 2 is 1.70 bits per heavy atom. The van der Waals surface area contributed by atoms with Crippen molar-refractivity contribution in [1.29, 1.82) is 5.26 Å². The van der Waals surface area contributed by atoms with E-state index in [2.05, 4.69) is 16.7 Å². The molecule has 0 aliphatic heterocycles. The average molecular weight is 600 g/mol. The van der Waals surface area contributed by atoms with Gasteiger partial charge in [0.15, 0.2) is 0 Å². The van der Waals surface area contributed by atoms with Gasteiger partial charge in [0.1, 0.15) is 0 Å². The highest BCUT2D eigenvalue weighted by atomic mass is 35.5. The number of rotatable bonds is 10. The maximum Gasteiger partial charge on any atom is 0.319 e. The Bertz CT molecular complexity index is 1460. The third-order valence-corrected chi connectivity index (χ3v) is 8.96. The first-order valence-corrected chi connectivity index (χ1v) is 15.8. The standard InChI is InChI=1S/C30H32Cl2N4O3S/c1-40(38,39)36(29-7-2-3-8-29)14-13-25(20-34-30(37)35-28-17-26(31)16-27(32)18-28)23-11-9-22(10-12-23)24-6-4-5-21(15-24)19-33/h4-6,9-12,15-18,25,29H,2-3,7-8,13-14,20H2,1H3,(H2,34,35,37). The van der Waals surface area contributed by atoms with Crippen LogP contribution in [-0.4, -0.2) is 44.1 Å². The lowest BCUT2D eigenvalue weighted by Crippen LogP contribution is -2.40. The lowest BCUT2D eigenvalue weighted by atomic mass is 9.93. The zero-order valence-electron chi connectivity index (χ0n) is 22.2. The molecule has 1 unspecified atom stereocenters. The molecule has 0 heterocycles. The molecular formula is C30H32Cl2N4O3S. The zero-order chi connectivity index (χ0) is 28.7. The van der Waals surface area contributed by atoms with Crippen molar-refractivity contribution in [3.8, 4) is 17.2 Å². The SMILES string of the molecule is CS(=O)(=O)N(CCC(CNC(=O)Nc1cc(Cl)cc(Cl)c1)c1ccc(-c2cccc(C#N)c2)cc1)C1CCCC1. The van der Waals surface area contributed by atoms with Crippen molar-refractivity contribution in [2.75, 3.05) is 24.7 Å². The molecule has 0 saturated heterocycles. The number of benzene rings is 3. The van der Waals surface area contributed by atoms with Crippen molar-refractivity contribution in [3.63, 3.8) is 0 Å². The summed E-state index contributed by atoms with van der Waals surface area (Å²) in [5.74, 6) is -0.140. The van der Waals surface area contributed by atoms with Crippen LogP contribution in [-0.2, 0) is 10.0 Å². The van der Waals surface area contributed by atoms with E-state index in [1.807, 2.05) is 42.5 Å². The highest BCUT2D eigenvalue weighted by Gasteiger charge is 2.30. The summed E-state index contributed by atoms with van der Waals surface area (Å²) in [5.41, 5.74) is 3.94. The van der Waals surface area contributed by atoms with Crippen molar-refractivity contribution in [1.82, 2.24) is 9.62 Å². The van der Waals surface area contributed by atoms with Gasteiger partial charge in [-0.2, -0.15) is 9.57 Å². The van der Waals surface area contributed by atoms with Crippen LogP contribution >= 0.6 is 23.2 Å². The molecule has 1 fully saturated rings. The van der Waals surface area contributed by atoms with Crippen molar-refractivity contribution in [3.05, 3.63) is 87.9 Å². The fourth-order valence-electron chi connectivity index (χ4n) is 5.21. The van der Waals surface area contributed by atoms with Gasteiger partial charge in [0, 0.05) is 40.8 Å². The zero-order valence-corrected chi connectivity index (χ0v) is 24.6. The minimum Gasteiger partial charge on any atom is -0.337 e. The van der Waals surface area contributed by atoms with E-state index in [0.29, 0.717) is 40.8 Å². The normalized spacial score (nSPS) is 14.6. The van der Waals surface area contributed by atoms with E-state index in [-0.39, 0.29) is 12.0 Å². The first kappa shape index (κ1) is 29.9. The second-order valence-corrected chi connectivity index (χ2v) is 12.9. The monoisotopic (exact) mass is 598 g/mol. The van der Waals surface area contributed by atoms with Crippen LogP contribution in [0, 0.1) is 11.3 Å². The third-order valence-electron chi connectivity index (χ3n) is 7.19. The van der Waals surface area contributed by atoms with Gasteiger partial charge in [0.2, 0.25) is 10.0 Å². The predicted octanol–water partition coefficient (Wildman–Crippen LogP) is 7.03. The van der Waals surface area contributed by atoms with Gasteiger partial charge in [0.25, 0.3) is 0 Å². The minimum absolute atomic E-state index is 0.0225. The smallest absolute Gasteiger partial charge is 0.319 e. The minimum atomic E-state index is -3.37. The van der Waals surface area contributed by atoms with Gasteiger partial charge in [-0.3, -0.25) is 0 Å². The van der Waals surface area contributed by atoms with Crippen LogP contribution in [0.1, 0.15) is 49.1 Å². The van der Waals surface area contributed by atoms with Crippen LogP contribution in [0.15, 0.2) is 66.7 Å². The quantitative estimate of drug-likeness (QED) is 0.261. The molecule has 7 nitrogen and oxygen atoms in total. The Hall–Kier alpha value is -3.09. The van der Waals surface area contributed by atoms with Crippen molar-refractivity contribution in [2.45, 2.75) is 44.1 Å². The molecule has 210 valence electrons. The van der Waals surface area contributed by atoms with E-state index in [4.69, 9.17) is 23.2 Å². The van der Waals surface area contributed by atoms with Gasteiger partial charge >= 0.3 is 6.03 Å². The van der Waals surface area contributed by atoms with E-state index in [9.17, 15) is 18.5 Å². The molecule has 0 aromatic heterocycles. The van der Waals surface area contributed by atoms with Gasteiger partial charge in [0.05, 0.1) is 17.9 Å². The van der Waals surface area contributed by atoms with Crippen LogP contribution in [0.25, 0.3) is 11.1 Å². The molecule has 40 heavy (non-hydrogen) atoms. The summed E-state index contributed by atoms with van der Waals surface area (Å²) < 4.78 is 26.9. The van der Waals surface area contributed by atoms with Gasteiger partial charge in [-0.05, 0) is 66.3 Å². The number of nitriles is 1. The third kappa shape index (κ3) is 8.21. The summed E-state index contributed by atoms with van der Waals surface area (Å²) in [6.07, 6.45) is 5.62. The summed E-state index contributed by atoms with van der Waals surface area (Å²) in [7, 11) is -3.37. The Labute approximate surface area is 246 Å². The van der Waals surface area contributed by atoms with Gasteiger partial charge in [-0.1, -0.05) is 72.4 Å². The van der Waals surface area contributed by atoms with Crippen LogP contribution in [0.3, 0.4) is 0 Å². The topological polar surface area (TPSA) is 102 Å². The number of anilines is 1. The first-order chi connectivity index (χ1) is 19.1. The van der Waals surface area contributed by atoms with Crippen LogP contribution in [0.4, 0.5) is 10.5 Å². The van der Waals surface area contributed by atoms with Gasteiger partial charge < -0.3 is 10.6 Å². The van der Waals surface area contributed by atoms with Crippen molar-refractivity contribution < 1.29 is 13.2 Å². The number of nitrogens with one attached hydrogen (secondary N) is 2. The Morgan fingerprint density at radius 1 is 1.02 bits per heavy atom. The number of hydrogen-bond donors (Lipinski definition) is 2. The number of carbonyl (C=O) groups is 1. The summed E-state index contributed by atoms with van der Waals surface area (Å²) in [6.45, 7) is 0.666. The van der Waals surface area contributed by atoms with Crippen molar-refractivity contribution >= 4 is 44.9 Å². The molecule has 1 saturated carbocycles. The lowest BCUT2D eigenvalue weighted by Gasteiger charge is -2.28. The molecule has 3 aromatic rings. The maximum absolute atomic E-state index is 12.7. The molecule has 1 aliphatic carbocycles. The number of halogens is 2. The maximum atomic E-state index is 12.7. The van der Waals surface area contributed by atoms with Gasteiger partial charge in [-0.25, -0.2) is 13.2 Å². The summed E-state index contributed by atoms with van der Waals surface area (Å²) in [4.78, 5) is 12.7. The molecule has 2 amide bonds. The van der Waals surface area contributed by atoms with Crippen molar-refractivity contribution in [2.24, 2.45) is 0 Å². The van der Waals surface area contributed by atoms with Crippen LogP contribution in [0.5, 0.6) is 0 Å². The fraction of sp³-hybridized carbons (Fsp3) is 0.333. The number of sulfonamides is 1. The molecule has 0 bridgehead atoms. The highest BCUT2D eigenvalue weighted by molar-refractivity contribution is 7.88. The van der Waals surface area contributed by atoms with E-state index in [1.54, 1.807) is 28.6 Å². The number of nitrogens with zero attached hydrogens (tertiary/aromatic N) is 2. The molecule has 3 aromatic carbocycles. The molecule has 2 N–H and O–H groups in total. The van der Waals surface area contributed by atoms with Gasteiger partial charge in [-0.15, -0.1) is 0 Å². The number of carbonyl (C=O) groups excluding carboxylic acids is 1. The largest absolute Gasteiger partial charge is 0.337 e. The number of hydrogen-bond acceptors (Lipinski definition) is 4. The number of amides is 2. The summed E-state index contributed by atoms with van der Waals surface area (Å²) in [6, 6.07) is 21.9. The molecule has 10 heteroatoms. The lowest BCUT2D eigenvalue weighted by molar-refractivity contribution is 0.250. The molecule has 4 rings (SSSR count). The predicted molar refractivity (Wildman–Crippen MR) is 161 cm³/mol. The first-order valence-electron chi connectivity index (χ1n) is 13.2. The molecule has 0 spiro atoms. The van der Waals surface area contributed by atoms with E-state index < -0.39 is 16.1 Å². The van der Waals surface area contributed by atoms with Crippen LogP contribution in [0.2, 0.25) is 10.0 Å². The summed E-state index contributed by atoms with van der Waals surface area (Å²) >= 11 is 12.1. The fourth-order valence-corrected chi connectivity index (χ4v) is 6.93.